The van der Waals surface area contributed by atoms with Crippen molar-refractivity contribution >= 4 is 11.6 Å². The van der Waals surface area contributed by atoms with E-state index in [1.54, 1.807) is 59.7 Å². The maximum absolute atomic E-state index is 12.3. The first-order chi connectivity index (χ1) is 13.7. The van der Waals surface area contributed by atoms with Crippen LogP contribution in [-0.4, -0.2) is 25.4 Å². The Balaban J connectivity index is 1.44. The minimum absolute atomic E-state index is 0.154. The Kier molecular flexibility index (Phi) is 4.79. The second-order valence-corrected chi connectivity index (χ2v) is 6.13. The summed E-state index contributed by atoms with van der Waals surface area (Å²) in [4.78, 5) is 24.6. The van der Waals surface area contributed by atoms with Crippen LogP contribution in [0.15, 0.2) is 79.6 Å². The molecule has 138 valence electrons. The first kappa shape index (κ1) is 17.4. The molecule has 7 nitrogen and oxygen atoms in total. The highest BCUT2D eigenvalue weighted by Gasteiger charge is 2.07. The van der Waals surface area contributed by atoms with Crippen molar-refractivity contribution in [1.29, 1.82) is 0 Å². The number of amides is 1. The molecule has 0 aliphatic carbocycles. The molecule has 2 aromatic heterocycles. The maximum Gasteiger partial charge on any atom is 0.255 e. The molecule has 4 aromatic rings. The number of aromatic nitrogens is 4. The molecule has 28 heavy (non-hydrogen) atoms. The van der Waals surface area contributed by atoms with Gasteiger partial charge in [0.1, 0.15) is 24.2 Å². The predicted molar refractivity (Wildman–Crippen MR) is 105 cm³/mol. The van der Waals surface area contributed by atoms with E-state index in [0.717, 1.165) is 5.56 Å². The van der Waals surface area contributed by atoms with Crippen LogP contribution in [0.4, 0.5) is 5.69 Å². The molecule has 0 atom stereocenters. The SMILES string of the molecule is Cc1cccc(C(=O)Nc2ccc(Oc3cc(-n4ccnc4)ncn3)cc2)c1. The van der Waals surface area contributed by atoms with Gasteiger partial charge in [0.15, 0.2) is 0 Å². The summed E-state index contributed by atoms with van der Waals surface area (Å²) in [6.07, 6.45) is 6.54. The molecule has 0 saturated carbocycles. The monoisotopic (exact) mass is 371 g/mol. The lowest BCUT2D eigenvalue weighted by molar-refractivity contribution is 0.102. The van der Waals surface area contributed by atoms with Crippen molar-refractivity contribution in [2.75, 3.05) is 5.32 Å². The number of carbonyl (C=O) groups excluding carboxylic acids is 1. The van der Waals surface area contributed by atoms with Crippen molar-refractivity contribution in [2.24, 2.45) is 0 Å². The lowest BCUT2D eigenvalue weighted by Gasteiger charge is -2.09. The van der Waals surface area contributed by atoms with E-state index < -0.39 is 0 Å². The van der Waals surface area contributed by atoms with Crippen LogP contribution in [0, 0.1) is 6.92 Å². The average molecular weight is 371 g/mol. The van der Waals surface area contributed by atoms with Gasteiger partial charge in [0.25, 0.3) is 5.91 Å². The zero-order valence-corrected chi connectivity index (χ0v) is 15.1. The van der Waals surface area contributed by atoms with Crippen molar-refractivity contribution in [1.82, 2.24) is 19.5 Å². The van der Waals surface area contributed by atoms with E-state index in [4.69, 9.17) is 4.74 Å². The Labute approximate surface area is 161 Å². The van der Waals surface area contributed by atoms with Crippen LogP contribution in [0.3, 0.4) is 0 Å². The van der Waals surface area contributed by atoms with Crippen LogP contribution in [0.1, 0.15) is 15.9 Å². The van der Waals surface area contributed by atoms with E-state index in [1.807, 2.05) is 25.1 Å². The summed E-state index contributed by atoms with van der Waals surface area (Å²) in [5.41, 5.74) is 2.34. The molecule has 0 spiro atoms. The number of imidazole rings is 1. The Bertz CT molecular complexity index is 1090. The molecule has 0 aliphatic rings. The fraction of sp³-hybridized carbons (Fsp3) is 0.0476. The molecule has 0 unspecified atom stereocenters. The summed E-state index contributed by atoms with van der Waals surface area (Å²) in [5.74, 6) is 1.52. The Morgan fingerprint density at radius 2 is 1.93 bits per heavy atom. The number of ether oxygens (including phenoxy) is 1. The van der Waals surface area contributed by atoms with Gasteiger partial charge in [-0.05, 0) is 43.3 Å². The molecule has 4 rings (SSSR count). The van der Waals surface area contributed by atoms with Crippen LogP contribution in [0.25, 0.3) is 5.82 Å². The molecule has 1 N–H and O–H groups in total. The largest absolute Gasteiger partial charge is 0.439 e. The summed E-state index contributed by atoms with van der Waals surface area (Å²) in [5, 5.41) is 2.87. The molecule has 2 heterocycles. The van der Waals surface area contributed by atoms with Gasteiger partial charge in [0, 0.05) is 29.7 Å². The van der Waals surface area contributed by atoms with E-state index in [1.165, 1.54) is 6.33 Å². The minimum Gasteiger partial charge on any atom is -0.439 e. The van der Waals surface area contributed by atoms with Crippen LogP contribution in [-0.2, 0) is 0 Å². The summed E-state index contributed by atoms with van der Waals surface area (Å²) in [6, 6.07) is 16.3. The van der Waals surface area contributed by atoms with Crippen molar-refractivity contribution in [2.45, 2.75) is 6.92 Å². The summed E-state index contributed by atoms with van der Waals surface area (Å²) >= 11 is 0. The molecule has 0 radical (unpaired) electrons. The van der Waals surface area contributed by atoms with Crippen LogP contribution >= 0.6 is 0 Å². The first-order valence-corrected chi connectivity index (χ1v) is 8.64. The highest BCUT2D eigenvalue weighted by Crippen LogP contribution is 2.22. The second-order valence-electron chi connectivity index (χ2n) is 6.13. The zero-order chi connectivity index (χ0) is 19.3. The molecule has 0 aliphatic heterocycles. The van der Waals surface area contributed by atoms with Gasteiger partial charge in [-0.3, -0.25) is 9.36 Å². The summed E-state index contributed by atoms with van der Waals surface area (Å²) < 4.78 is 7.54. The van der Waals surface area contributed by atoms with Gasteiger partial charge in [0.05, 0.1) is 0 Å². The molecule has 0 fully saturated rings. The fourth-order valence-electron chi connectivity index (χ4n) is 2.64. The molecular formula is C21H17N5O2. The predicted octanol–water partition coefficient (Wildman–Crippen LogP) is 4.02. The molecule has 0 bridgehead atoms. The smallest absolute Gasteiger partial charge is 0.255 e. The van der Waals surface area contributed by atoms with Gasteiger partial charge in [-0.25, -0.2) is 15.0 Å². The second kappa shape index (κ2) is 7.71. The molecule has 0 saturated heterocycles. The number of carbonyl (C=O) groups is 1. The fourth-order valence-corrected chi connectivity index (χ4v) is 2.64. The van der Waals surface area contributed by atoms with E-state index >= 15 is 0 Å². The van der Waals surface area contributed by atoms with Gasteiger partial charge >= 0.3 is 0 Å². The molecular weight excluding hydrogens is 354 g/mol. The minimum atomic E-state index is -0.154. The third kappa shape index (κ3) is 4.04. The Morgan fingerprint density at radius 1 is 1.07 bits per heavy atom. The number of nitrogens with one attached hydrogen (secondary N) is 1. The number of aryl methyl sites for hydroxylation is 1. The van der Waals surface area contributed by atoms with Gasteiger partial charge in [-0.1, -0.05) is 17.7 Å². The number of benzene rings is 2. The highest BCUT2D eigenvalue weighted by molar-refractivity contribution is 6.04. The van der Waals surface area contributed by atoms with E-state index in [0.29, 0.717) is 28.7 Å². The van der Waals surface area contributed by atoms with Crippen LogP contribution in [0.2, 0.25) is 0 Å². The van der Waals surface area contributed by atoms with Crippen LogP contribution < -0.4 is 10.1 Å². The standard InChI is InChI=1S/C21H17N5O2/c1-15-3-2-4-16(11-15)21(27)25-17-5-7-18(8-6-17)28-20-12-19(23-13-24-20)26-10-9-22-14-26/h2-14H,1H3,(H,25,27). The highest BCUT2D eigenvalue weighted by atomic mass is 16.5. The number of rotatable bonds is 5. The molecule has 1 amide bonds. The van der Waals surface area contributed by atoms with Gasteiger partial charge in [-0.15, -0.1) is 0 Å². The van der Waals surface area contributed by atoms with Gasteiger partial charge in [-0.2, -0.15) is 0 Å². The maximum atomic E-state index is 12.3. The Hall–Kier alpha value is -4.00. The van der Waals surface area contributed by atoms with Gasteiger partial charge in [0.2, 0.25) is 5.88 Å². The number of hydrogen-bond acceptors (Lipinski definition) is 5. The first-order valence-electron chi connectivity index (χ1n) is 8.64. The Morgan fingerprint density at radius 3 is 2.68 bits per heavy atom. The van der Waals surface area contributed by atoms with E-state index in [9.17, 15) is 4.79 Å². The lowest BCUT2D eigenvalue weighted by Crippen LogP contribution is -2.11. The normalized spacial score (nSPS) is 10.5. The average Bonchev–Trinajstić information content (AvgIpc) is 3.25. The topological polar surface area (TPSA) is 81.9 Å². The lowest BCUT2D eigenvalue weighted by atomic mass is 10.1. The van der Waals surface area contributed by atoms with Crippen molar-refractivity contribution in [3.8, 4) is 17.4 Å². The van der Waals surface area contributed by atoms with Crippen molar-refractivity contribution in [3.05, 3.63) is 90.8 Å². The quantitative estimate of drug-likeness (QED) is 0.573. The third-order valence-corrected chi connectivity index (χ3v) is 4.01. The summed E-state index contributed by atoms with van der Waals surface area (Å²) in [7, 11) is 0. The van der Waals surface area contributed by atoms with E-state index in [-0.39, 0.29) is 5.91 Å². The van der Waals surface area contributed by atoms with Crippen molar-refractivity contribution in [3.63, 3.8) is 0 Å². The summed E-state index contributed by atoms with van der Waals surface area (Å²) in [6.45, 7) is 1.95. The zero-order valence-electron chi connectivity index (χ0n) is 15.1. The van der Waals surface area contributed by atoms with Crippen molar-refractivity contribution < 1.29 is 9.53 Å². The molecule has 2 aromatic carbocycles. The third-order valence-electron chi connectivity index (χ3n) is 4.01. The number of hydrogen-bond donors (Lipinski definition) is 1. The number of anilines is 1. The van der Waals surface area contributed by atoms with Gasteiger partial charge < -0.3 is 10.1 Å². The van der Waals surface area contributed by atoms with Crippen LogP contribution in [0.5, 0.6) is 11.6 Å². The number of nitrogens with zero attached hydrogens (tertiary/aromatic N) is 4. The van der Waals surface area contributed by atoms with E-state index in [2.05, 4.69) is 20.3 Å². The molecule has 7 heteroatoms.